The van der Waals surface area contributed by atoms with E-state index in [1.807, 2.05) is 0 Å². The molecule has 29 atom stereocenters. The van der Waals surface area contributed by atoms with Crippen LogP contribution in [0.3, 0.4) is 0 Å². The zero-order valence-electron chi connectivity index (χ0n) is 69.2. The van der Waals surface area contributed by atoms with Crippen molar-refractivity contribution in [1.29, 1.82) is 158 Å². The molecule has 0 N–H and O–H groups in total. The Hall–Kier alpha value is -15.3. The molecule has 29 unspecified atom stereocenters. The molecule has 0 amide bonds. The Morgan fingerprint density at radius 3 is 0.287 bits per heavy atom. The van der Waals surface area contributed by atoms with Gasteiger partial charge in [-0.25, -0.2) is 0 Å². The van der Waals surface area contributed by atoms with Crippen LogP contribution in [-0.2, 0) is 0 Å². The highest BCUT2D eigenvalue weighted by molar-refractivity contribution is 5.10. The topological polar surface area (TPSA) is 714 Å². The first-order chi connectivity index (χ1) is 58.6. The van der Waals surface area contributed by atoms with Gasteiger partial charge < -0.3 is 0 Å². The molecule has 0 aromatic carbocycles. The van der Waals surface area contributed by atoms with Crippen LogP contribution < -0.4 is 0 Å². The monoisotopic (exact) mass is 1620 g/mol. The highest BCUT2D eigenvalue weighted by Crippen LogP contribution is 2.40. The summed E-state index contributed by atoms with van der Waals surface area (Å²) < 4.78 is 0. The molecule has 0 saturated heterocycles. The van der Waals surface area contributed by atoms with E-state index in [1.54, 1.807) is 20.8 Å². The Morgan fingerprint density at radius 1 is 0.131 bits per heavy atom. The van der Waals surface area contributed by atoms with E-state index in [-0.39, 0.29) is 186 Å². The van der Waals surface area contributed by atoms with Crippen LogP contribution in [0, 0.1) is 517 Å². The summed E-state index contributed by atoms with van der Waals surface area (Å²) in [7, 11) is 0. The molecule has 30 nitrogen and oxygen atoms in total. The first-order valence-corrected chi connectivity index (χ1v) is 40.5. The van der Waals surface area contributed by atoms with Gasteiger partial charge >= 0.3 is 0 Å². The summed E-state index contributed by atoms with van der Waals surface area (Å²) >= 11 is 0. The van der Waals surface area contributed by atoms with E-state index >= 15 is 0 Å². The third-order valence-corrected chi connectivity index (χ3v) is 22.4. The van der Waals surface area contributed by atoms with Crippen molar-refractivity contribution in [2.45, 2.75) is 207 Å². The molecule has 0 aromatic heterocycles. The van der Waals surface area contributed by atoms with Crippen molar-refractivity contribution < 1.29 is 0 Å². The van der Waals surface area contributed by atoms with Crippen molar-refractivity contribution >= 4 is 0 Å². The zero-order valence-corrected chi connectivity index (χ0v) is 69.2. The molecule has 0 spiro atoms. The minimum Gasteiger partial charge on any atom is -0.198 e. The molecular formula is C92H96N30. The summed E-state index contributed by atoms with van der Waals surface area (Å²) in [5.74, 6) is -24.8. The lowest BCUT2D eigenvalue weighted by Crippen LogP contribution is -2.19. The first kappa shape index (κ1) is 107. The molecule has 0 aromatic rings. The Labute approximate surface area is 720 Å². The predicted octanol–water partition coefficient (Wildman–Crippen LogP) is 16.9. The fourth-order valence-corrected chi connectivity index (χ4v) is 16.0. The summed E-state index contributed by atoms with van der Waals surface area (Å²) in [5.41, 5.74) is -0.820. The standard InChI is InChI=1S/C92H96N30/c1-63(33-93)4-64(34-94)5-65(35-95)6-66(36-96)7-67(37-97)8-68(38-98)9-69(39-99)10-70(40-100)11-71(41-101)12-72(42-102)13-73(43-103)14-74(44-104)15-75(45-105)16-76(46-106)17-77(47-107)18-78(48-108)19-79(49-109)20-80(50-110)21-81(51-111)22-82(52-112)23-83(53-113)24-84(54-114)25-85(55-115)26-86(56-116)27-87(57-117)28-88(58-118)29-89(59-119)30-90(60-120)31-91(61-121)32-92(2,3)62-122/h63-91H,4-32H2,1-3H3. The van der Waals surface area contributed by atoms with Crippen LogP contribution in [-0.4, -0.2) is 0 Å². The van der Waals surface area contributed by atoms with E-state index in [0.29, 0.717) is 0 Å². The predicted molar refractivity (Wildman–Crippen MR) is 423 cm³/mol. The largest absolute Gasteiger partial charge is 0.198 e. The maximum absolute atomic E-state index is 10.3. The van der Waals surface area contributed by atoms with Crippen LogP contribution in [0.15, 0.2) is 0 Å². The smallest absolute Gasteiger partial charge is 0.0684 e. The molecule has 0 saturated carbocycles. The second kappa shape index (κ2) is 62.0. The Morgan fingerprint density at radius 2 is 0.213 bits per heavy atom. The molecule has 0 radical (unpaired) electrons. The van der Waals surface area contributed by atoms with E-state index in [0.717, 1.165) is 0 Å². The van der Waals surface area contributed by atoms with Crippen molar-refractivity contribution in [3.05, 3.63) is 0 Å². The molecule has 0 aliphatic heterocycles. The van der Waals surface area contributed by atoms with Gasteiger partial charge in [-0.3, -0.25) is 0 Å². The van der Waals surface area contributed by atoms with Crippen LogP contribution in [0.5, 0.6) is 0 Å². The van der Waals surface area contributed by atoms with Crippen LogP contribution in [0.1, 0.15) is 207 Å². The minimum absolute atomic E-state index is 0.000546. The van der Waals surface area contributed by atoms with Gasteiger partial charge in [0.15, 0.2) is 0 Å². The maximum Gasteiger partial charge on any atom is 0.0684 e. The molecule has 0 rings (SSSR count). The fraction of sp³-hybridized carbons (Fsp3) is 0.674. The molecule has 30 heteroatoms. The van der Waals surface area contributed by atoms with Gasteiger partial charge in [-0.1, -0.05) is 0 Å². The van der Waals surface area contributed by atoms with Crippen molar-refractivity contribution in [1.82, 2.24) is 0 Å². The molecule has 0 aliphatic carbocycles. The zero-order chi connectivity index (χ0) is 92.0. The molecular weight excluding hydrogens is 1530 g/mol. The van der Waals surface area contributed by atoms with E-state index in [9.17, 15) is 158 Å². The third-order valence-electron chi connectivity index (χ3n) is 22.4. The van der Waals surface area contributed by atoms with Gasteiger partial charge in [0, 0.05) is 172 Å². The van der Waals surface area contributed by atoms with Crippen LogP contribution in [0.4, 0.5) is 0 Å². The fourth-order valence-electron chi connectivity index (χ4n) is 16.0. The number of hydrogen-bond donors (Lipinski definition) is 0. The normalized spacial score (nSPS) is 17.4. The Kier molecular flexibility index (Phi) is 54.2. The quantitative estimate of drug-likeness (QED) is 0.0546. The summed E-state index contributed by atoms with van der Waals surface area (Å²) in [6.45, 7) is 5.01. The average molecular weight is 1620 g/mol. The second-order valence-electron chi connectivity index (χ2n) is 33.0. The van der Waals surface area contributed by atoms with Gasteiger partial charge in [0.25, 0.3) is 0 Å². The van der Waals surface area contributed by atoms with Crippen molar-refractivity contribution in [2.75, 3.05) is 0 Å². The van der Waals surface area contributed by atoms with E-state index in [4.69, 9.17) is 0 Å². The summed E-state index contributed by atoms with van der Waals surface area (Å²) in [6, 6.07) is 63.3. The van der Waals surface area contributed by atoms with Crippen molar-refractivity contribution in [3.63, 3.8) is 0 Å². The molecule has 122 heavy (non-hydrogen) atoms. The van der Waals surface area contributed by atoms with E-state index < -0.39 is 177 Å². The highest BCUT2D eigenvalue weighted by atomic mass is 14.5. The first-order valence-electron chi connectivity index (χ1n) is 40.5. The van der Waals surface area contributed by atoms with Crippen LogP contribution in [0.25, 0.3) is 0 Å². The number of nitrogens with zero attached hydrogens (tertiary/aromatic N) is 30. The van der Waals surface area contributed by atoms with Crippen molar-refractivity contribution in [3.8, 4) is 182 Å². The van der Waals surface area contributed by atoms with Crippen LogP contribution in [0.2, 0.25) is 0 Å². The SMILES string of the molecule is CC(C#N)CC(C#N)CC(C#N)CC(C#N)CC(C#N)CC(C#N)CC(C#N)CC(C#N)CC(C#N)CC(C#N)CC(C#N)CC(C#N)CC(C#N)CC(C#N)CC(C#N)CC(C#N)CC(C#N)CC(C#N)CC(C#N)CC(C#N)CC(C#N)CC(C#N)CC(C#N)CC(C#N)CC(C#N)CC(C#N)CC(C#N)CC(C#N)CC(C#N)CC(C)(C)C#N. The highest BCUT2D eigenvalue weighted by Gasteiger charge is 2.36. The van der Waals surface area contributed by atoms with Gasteiger partial charge in [0.05, 0.1) is 187 Å². The summed E-state index contributed by atoms with van der Waals surface area (Å²) in [6.07, 6.45) is -1.13. The summed E-state index contributed by atoms with van der Waals surface area (Å²) in [5, 5.41) is 303. The number of rotatable bonds is 58. The number of hydrogen-bond acceptors (Lipinski definition) is 30. The van der Waals surface area contributed by atoms with Gasteiger partial charge in [0.1, 0.15) is 0 Å². The van der Waals surface area contributed by atoms with Gasteiger partial charge in [-0.05, 0) is 207 Å². The van der Waals surface area contributed by atoms with Crippen molar-refractivity contribution in [2.24, 2.45) is 177 Å². The third kappa shape index (κ3) is 42.5. The minimum atomic E-state index is -0.953. The molecule has 0 aliphatic rings. The lowest BCUT2D eigenvalue weighted by Gasteiger charge is -2.23. The molecule has 0 fully saturated rings. The lowest BCUT2D eigenvalue weighted by molar-refractivity contribution is 0.312. The molecule has 0 heterocycles. The van der Waals surface area contributed by atoms with Gasteiger partial charge in [-0.15, -0.1) is 0 Å². The summed E-state index contributed by atoms with van der Waals surface area (Å²) in [4.78, 5) is 0. The second-order valence-corrected chi connectivity index (χ2v) is 33.0. The van der Waals surface area contributed by atoms with Crippen LogP contribution >= 0.6 is 0 Å². The van der Waals surface area contributed by atoms with E-state index in [1.165, 1.54) is 0 Å². The van der Waals surface area contributed by atoms with Gasteiger partial charge in [0.2, 0.25) is 0 Å². The average Bonchev–Trinajstić information content (AvgIpc) is 0.894. The Bertz CT molecular complexity index is 4670. The Balaban J connectivity index is 5.90. The van der Waals surface area contributed by atoms with Gasteiger partial charge in [-0.2, -0.15) is 158 Å². The molecule has 0 bridgehead atoms. The molecule has 614 valence electrons. The number of nitriles is 30. The maximum atomic E-state index is 10.3. The lowest BCUT2D eigenvalue weighted by atomic mass is 9.77. The van der Waals surface area contributed by atoms with E-state index in [2.05, 4.69) is 182 Å².